The molecule has 0 saturated heterocycles. The maximum Gasteiger partial charge on any atom is 0.472 e. The van der Waals surface area contributed by atoms with Gasteiger partial charge in [0.15, 0.2) is 0 Å². The monoisotopic (exact) mass is 252 g/mol. The highest BCUT2D eigenvalue weighted by atomic mass is 31.2. The molecule has 0 rings (SSSR count). The van der Waals surface area contributed by atoms with Crippen LogP contribution in [0.3, 0.4) is 0 Å². The predicted molar refractivity (Wildman–Crippen MR) is 65.4 cm³/mol. The molecule has 4 nitrogen and oxygen atoms in total. The first-order valence-corrected chi connectivity index (χ1v) is 7.73. The summed E-state index contributed by atoms with van der Waals surface area (Å²) in [4.78, 5) is 9.25. The summed E-state index contributed by atoms with van der Waals surface area (Å²) in [5.74, 6) is 0. The Morgan fingerprint density at radius 2 is 1.38 bits per heavy atom. The van der Waals surface area contributed by atoms with Crippen LogP contribution in [-0.2, 0) is 13.6 Å². The molecule has 0 radical (unpaired) electrons. The summed E-state index contributed by atoms with van der Waals surface area (Å²) >= 11 is 0. The van der Waals surface area contributed by atoms with E-state index >= 15 is 0 Å². The van der Waals surface area contributed by atoms with Crippen molar-refractivity contribution in [3.8, 4) is 0 Å². The highest BCUT2D eigenvalue weighted by Crippen LogP contribution is 2.43. The van der Waals surface area contributed by atoms with E-state index < -0.39 is 7.82 Å². The number of rotatable bonds is 11. The predicted octanol–water partition coefficient (Wildman–Crippen LogP) is 3.89. The van der Waals surface area contributed by atoms with Gasteiger partial charge < -0.3 is 4.89 Å². The molecule has 0 saturated carbocycles. The maximum absolute atomic E-state index is 11.3. The molecule has 0 aromatic heterocycles. The van der Waals surface area contributed by atoms with Crippen molar-refractivity contribution in [2.45, 2.75) is 58.8 Å². The van der Waals surface area contributed by atoms with Crippen molar-refractivity contribution in [2.24, 2.45) is 0 Å². The lowest BCUT2D eigenvalue weighted by Crippen LogP contribution is -1.98. The van der Waals surface area contributed by atoms with Crippen molar-refractivity contribution in [1.82, 2.24) is 0 Å². The van der Waals surface area contributed by atoms with Crippen LogP contribution in [0.1, 0.15) is 58.8 Å². The van der Waals surface area contributed by atoms with Crippen molar-refractivity contribution in [3.05, 3.63) is 0 Å². The Morgan fingerprint density at radius 3 is 1.94 bits per heavy atom. The summed E-state index contributed by atoms with van der Waals surface area (Å²) in [5.41, 5.74) is 0. The second-order valence-electron chi connectivity index (χ2n) is 3.90. The molecule has 0 aliphatic rings. The molecule has 16 heavy (non-hydrogen) atoms. The van der Waals surface area contributed by atoms with E-state index in [4.69, 9.17) is 9.05 Å². The lowest BCUT2D eigenvalue weighted by molar-refractivity contribution is 0.146. The van der Waals surface area contributed by atoms with E-state index in [1.807, 2.05) is 6.92 Å². The first-order chi connectivity index (χ1) is 7.62. The second kappa shape index (κ2) is 10.3. The van der Waals surface area contributed by atoms with Gasteiger partial charge in [-0.25, -0.2) is 4.57 Å². The van der Waals surface area contributed by atoms with Crippen LogP contribution in [0.5, 0.6) is 0 Å². The van der Waals surface area contributed by atoms with Gasteiger partial charge >= 0.3 is 7.82 Å². The van der Waals surface area contributed by atoms with Gasteiger partial charge in [0, 0.05) is 0 Å². The summed E-state index contributed by atoms with van der Waals surface area (Å²) in [6, 6.07) is 0. The number of phosphoric ester groups is 1. The zero-order valence-electron chi connectivity index (χ0n) is 10.5. The van der Waals surface area contributed by atoms with Gasteiger partial charge in [0.1, 0.15) is 0 Å². The van der Waals surface area contributed by atoms with Crippen LogP contribution in [0.2, 0.25) is 0 Å². The molecule has 0 aromatic rings. The largest absolute Gasteiger partial charge is 0.472 e. The number of hydrogen-bond acceptors (Lipinski definition) is 3. The molecule has 0 heterocycles. The van der Waals surface area contributed by atoms with Gasteiger partial charge in [-0.3, -0.25) is 9.05 Å². The molecule has 1 N–H and O–H groups in total. The molecular formula is C11H25O4P. The lowest BCUT2D eigenvalue weighted by Gasteiger charge is -2.11. The van der Waals surface area contributed by atoms with Crippen LogP contribution in [0, 0.1) is 0 Å². The molecule has 1 unspecified atom stereocenters. The fourth-order valence-electron chi connectivity index (χ4n) is 1.25. The highest BCUT2D eigenvalue weighted by molar-refractivity contribution is 7.47. The minimum absolute atomic E-state index is 0.292. The van der Waals surface area contributed by atoms with Crippen LogP contribution in [0.25, 0.3) is 0 Å². The Balaban J connectivity index is 3.39. The smallest absolute Gasteiger partial charge is 0.302 e. The van der Waals surface area contributed by atoms with Crippen molar-refractivity contribution in [3.63, 3.8) is 0 Å². The summed E-state index contributed by atoms with van der Waals surface area (Å²) in [6.07, 6.45) is 7.15. The minimum Gasteiger partial charge on any atom is -0.302 e. The summed E-state index contributed by atoms with van der Waals surface area (Å²) in [5, 5.41) is 0. The topological polar surface area (TPSA) is 55.8 Å². The van der Waals surface area contributed by atoms with Crippen LogP contribution in [-0.4, -0.2) is 18.1 Å². The highest BCUT2D eigenvalue weighted by Gasteiger charge is 2.19. The first-order valence-electron chi connectivity index (χ1n) is 6.24. The van der Waals surface area contributed by atoms with E-state index in [-0.39, 0.29) is 0 Å². The molecule has 0 fully saturated rings. The first kappa shape index (κ1) is 16.1. The van der Waals surface area contributed by atoms with E-state index in [9.17, 15) is 9.46 Å². The normalized spacial score (nSPS) is 14.9. The molecule has 0 aliphatic heterocycles. The van der Waals surface area contributed by atoms with Crippen LogP contribution in [0.4, 0.5) is 0 Å². The van der Waals surface area contributed by atoms with E-state index in [1.54, 1.807) is 0 Å². The van der Waals surface area contributed by atoms with Crippen molar-refractivity contribution in [2.75, 3.05) is 13.2 Å². The minimum atomic E-state index is -3.78. The molecule has 1 atom stereocenters. The average molecular weight is 252 g/mol. The molecule has 0 amide bonds. The van der Waals surface area contributed by atoms with Gasteiger partial charge in [-0.2, -0.15) is 0 Å². The van der Waals surface area contributed by atoms with E-state index in [0.29, 0.717) is 13.2 Å². The molecule has 98 valence electrons. The standard InChI is InChI=1S/C11H25O4P/c1-3-5-7-8-9-11-15-16(12,13)14-10-6-4-2/h3-11H2,1-2H3,(H,12,13). The number of unbranched alkanes of at least 4 members (excludes halogenated alkanes) is 5. The van der Waals surface area contributed by atoms with E-state index in [0.717, 1.165) is 32.1 Å². The molecular weight excluding hydrogens is 227 g/mol. The third-order valence-corrected chi connectivity index (χ3v) is 3.27. The van der Waals surface area contributed by atoms with Gasteiger partial charge in [0.05, 0.1) is 13.2 Å². The van der Waals surface area contributed by atoms with Crippen molar-refractivity contribution in [1.29, 1.82) is 0 Å². The van der Waals surface area contributed by atoms with Crippen LogP contribution >= 0.6 is 7.82 Å². The molecule has 0 bridgehead atoms. The SMILES string of the molecule is CCCCCCCOP(=O)(O)OCCCC. The fraction of sp³-hybridized carbons (Fsp3) is 1.00. The molecule has 0 aromatic carbocycles. The number of phosphoric acid groups is 1. The zero-order chi connectivity index (χ0) is 12.3. The van der Waals surface area contributed by atoms with Gasteiger partial charge in [-0.05, 0) is 12.8 Å². The van der Waals surface area contributed by atoms with Crippen LogP contribution < -0.4 is 0 Å². The second-order valence-corrected chi connectivity index (χ2v) is 5.36. The molecule has 0 spiro atoms. The maximum atomic E-state index is 11.3. The van der Waals surface area contributed by atoms with Gasteiger partial charge in [-0.15, -0.1) is 0 Å². The Morgan fingerprint density at radius 1 is 0.875 bits per heavy atom. The fourth-order valence-corrected chi connectivity index (χ4v) is 2.04. The van der Waals surface area contributed by atoms with E-state index in [2.05, 4.69) is 6.92 Å². The van der Waals surface area contributed by atoms with Crippen LogP contribution in [0.15, 0.2) is 0 Å². The zero-order valence-corrected chi connectivity index (χ0v) is 11.4. The lowest BCUT2D eigenvalue weighted by atomic mass is 10.2. The molecule has 0 aliphatic carbocycles. The summed E-state index contributed by atoms with van der Waals surface area (Å²) in [6.45, 7) is 4.75. The third-order valence-electron chi connectivity index (χ3n) is 2.25. The van der Waals surface area contributed by atoms with Crippen molar-refractivity contribution >= 4 is 7.82 Å². The quantitative estimate of drug-likeness (QED) is 0.447. The van der Waals surface area contributed by atoms with Gasteiger partial charge in [-0.1, -0.05) is 46.0 Å². The molecule has 5 heteroatoms. The van der Waals surface area contributed by atoms with Gasteiger partial charge in [0.25, 0.3) is 0 Å². The Bertz CT molecular complexity index is 196. The summed E-state index contributed by atoms with van der Waals surface area (Å²) < 4.78 is 20.9. The Kier molecular flexibility index (Phi) is 10.3. The Labute approximate surface area is 99.0 Å². The number of hydrogen-bond donors (Lipinski definition) is 1. The van der Waals surface area contributed by atoms with Gasteiger partial charge in [0.2, 0.25) is 0 Å². The summed E-state index contributed by atoms with van der Waals surface area (Å²) in [7, 11) is -3.78. The third kappa shape index (κ3) is 10.6. The van der Waals surface area contributed by atoms with Crippen molar-refractivity contribution < 1.29 is 18.5 Å². The van der Waals surface area contributed by atoms with E-state index in [1.165, 1.54) is 12.8 Å². The average Bonchev–Trinajstić information content (AvgIpc) is 2.23. The Hall–Kier alpha value is 0.110.